The Morgan fingerprint density at radius 3 is 1.63 bits per heavy atom. The molecular formula is C65H47NO. The van der Waals surface area contributed by atoms with Crippen molar-refractivity contribution < 1.29 is 4.42 Å². The summed E-state index contributed by atoms with van der Waals surface area (Å²) in [6, 6.07) is 84.5. The van der Waals surface area contributed by atoms with Crippen LogP contribution in [0.15, 0.2) is 235 Å². The van der Waals surface area contributed by atoms with Gasteiger partial charge in [0, 0.05) is 33.0 Å². The summed E-state index contributed by atoms with van der Waals surface area (Å²) >= 11 is 0. The lowest BCUT2D eigenvalue weighted by atomic mass is 9.74. The molecule has 0 bridgehead atoms. The van der Waals surface area contributed by atoms with Gasteiger partial charge in [0.05, 0.1) is 5.69 Å². The zero-order chi connectivity index (χ0) is 44.9. The molecule has 0 amide bonds. The van der Waals surface area contributed by atoms with Gasteiger partial charge in [-0.15, -0.1) is 0 Å². The molecule has 0 spiro atoms. The van der Waals surface area contributed by atoms with Crippen molar-refractivity contribution in [1.29, 1.82) is 0 Å². The molecule has 1 atom stereocenters. The number of para-hydroxylation sites is 2. The Morgan fingerprint density at radius 1 is 0.358 bits per heavy atom. The first-order valence-corrected chi connectivity index (χ1v) is 23.4. The van der Waals surface area contributed by atoms with Gasteiger partial charge in [-0.2, -0.15) is 0 Å². The van der Waals surface area contributed by atoms with Crippen molar-refractivity contribution in [1.82, 2.24) is 0 Å². The number of anilines is 3. The molecule has 2 aliphatic carbocycles. The maximum atomic E-state index is 6.72. The summed E-state index contributed by atoms with van der Waals surface area (Å²) in [6.07, 6.45) is 0. The summed E-state index contributed by atoms with van der Waals surface area (Å²) < 4.78 is 6.72. The fourth-order valence-corrected chi connectivity index (χ4v) is 11.7. The molecule has 2 nitrogen and oxygen atoms in total. The Labute approximate surface area is 392 Å². The van der Waals surface area contributed by atoms with Crippen LogP contribution in [0.4, 0.5) is 17.1 Å². The number of hydrogen-bond donors (Lipinski definition) is 0. The normalized spacial score (nSPS) is 15.3. The first-order chi connectivity index (χ1) is 32.9. The highest BCUT2D eigenvalue weighted by Crippen LogP contribution is 2.55. The number of nitrogens with zero attached hydrogens (tertiary/aromatic N) is 1. The van der Waals surface area contributed by atoms with Crippen molar-refractivity contribution in [3.8, 4) is 55.6 Å². The first-order valence-electron chi connectivity index (χ1n) is 23.4. The van der Waals surface area contributed by atoms with Crippen molar-refractivity contribution in [2.45, 2.75) is 31.6 Å². The molecule has 10 aromatic carbocycles. The number of fused-ring (bicyclic) bond motifs is 9. The summed E-state index contributed by atoms with van der Waals surface area (Å²) in [4.78, 5) is 2.35. The van der Waals surface area contributed by atoms with Crippen molar-refractivity contribution in [2.75, 3.05) is 4.90 Å². The van der Waals surface area contributed by atoms with E-state index in [4.69, 9.17) is 4.42 Å². The van der Waals surface area contributed by atoms with Gasteiger partial charge in [0.2, 0.25) is 0 Å². The maximum absolute atomic E-state index is 6.72. The average molecular weight is 858 g/mol. The molecule has 67 heavy (non-hydrogen) atoms. The molecule has 1 unspecified atom stereocenters. The van der Waals surface area contributed by atoms with Crippen LogP contribution in [0.5, 0.6) is 0 Å². The Kier molecular flexibility index (Phi) is 8.73. The molecule has 1 aromatic heterocycles. The Balaban J connectivity index is 0.913. The predicted molar refractivity (Wildman–Crippen MR) is 280 cm³/mol. The predicted octanol–water partition coefficient (Wildman–Crippen LogP) is 17.7. The van der Waals surface area contributed by atoms with Gasteiger partial charge in [0.25, 0.3) is 0 Å². The molecule has 0 saturated heterocycles. The second-order valence-electron chi connectivity index (χ2n) is 18.9. The molecule has 1 heterocycles. The van der Waals surface area contributed by atoms with E-state index in [1.165, 1.54) is 83.5 Å². The molecule has 0 radical (unpaired) electrons. The van der Waals surface area contributed by atoms with Crippen LogP contribution in [0.1, 0.15) is 48.6 Å². The van der Waals surface area contributed by atoms with Crippen LogP contribution >= 0.6 is 0 Å². The quantitative estimate of drug-likeness (QED) is 0.159. The van der Waals surface area contributed by atoms with E-state index in [9.17, 15) is 0 Å². The topological polar surface area (TPSA) is 16.4 Å². The summed E-state index contributed by atoms with van der Waals surface area (Å²) in [5.41, 5.74) is 23.8. The molecule has 0 saturated carbocycles. The third kappa shape index (κ3) is 5.89. The molecule has 0 aliphatic heterocycles. The first kappa shape index (κ1) is 39.2. The van der Waals surface area contributed by atoms with Crippen molar-refractivity contribution >= 4 is 39.0 Å². The lowest BCUT2D eigenvalue weighted by Crippen LogP contribution is -2.22. The molecule has 318 valence electrons. The van der Waals surface area contributed by atoms with Crippen molar-refractivity contribution in [2.24, 2.45) is 0 Å². The Bertz CT molecular complexity index is 3730. The summed E-state index contributed by atoms with van der Waals surface area (Å²) in [5.74, 6) is 0. The number of furan rings is 1. The third-order valence-electron chi connectivity index (χ3n) is 15.0. The largest absolute Gasteiger partial charge is 0.454 e. The lowest BCUT2D eigenvalue weighted by Gasteiger charge is -2.28. The molecule has 0 N–H and O–H groups in total. The zero-order valence-corrected chi connectivity index (χ0v) is 37.8. The van der Waals surface area contributed by atoms with Crippen LogP contribution in [0.2, 0.25) is 0 Å². The fraction of sp³-hybridized carbons (Fsp3) is 0.0769. The molecule has 0 fully saturated rings. The molecule has 11 aromatic rings. The lowest BCUT2D eigenvalue weighted by molar-refractivity contribution is 0.662. The second kappa shape index (κ2) is 14.9. The van der Waals surface area contributed by atoms with Gasteiger partial charge in [-0.05, 0) is 133 Å². The monoisotopic (exact) mass is 857 g/mol. The summed E-state index contributed by atoms with van der Waals surface area (Å²) in [6.45, 7) is 7.12. The second-order valence-corrected chi connectivity index (χ2v) is 18.9. The van der Waals surface area contributed by atoms with Gasteiger partial charge < -0.3 is 9.32 Å². The maximum Gasteiger partial charge on any atom is 0.159 e. The van der Waals surface area contributed by atoms with Crippen LogP contribution in [-0.4, -0.2) is 0 Å². The van der Waals surface area contributed by atoms with Crippen LogP contribution in [-0.2, 0) is 10.8 Å². The Morgan fingerprint density at radius 2 is 0.881 bits per heavy atom. The van der Waals surface area contributed by atoms with Crippen LogP contribution in [0, 0.1) is 0 Å². The van der Waals surface area contributed by atoms with E-state index in [0.29, 0.717) is 0 Å². The highest BCUT2D eigenvalue weighted by Gasteiger charge is 2.41. The van der Waals surface area contributed by atoms with E-state index in [2.05, 4.69) is 250 Å². The van der Waals surface area contributed by atoms with Gasteiger partial charge in [-0.3, -0.25) is 0 Å². The van der Waals surface area contributed by atoms with E-state index in [-0.39, 0.29) is 10.8 Å². The summed E-state index contributed by atoms with van der Waals surface area (Å²) in [7, 11) is 0. The molecular weight excluding hydrogens is 811 g/mol. The molecule has 13 rings (SSSR count). The van der Waals surface area contributed by atoms with E-state index in [1.807, 2.05) is 6.07 Å². The van der Waals surface area contributed by atoms with E-state index >= 15 is 0 Å². The highest BCUT2D eigenvalue weighted by atomic mass is 16.3. The van der Waals surface area contributed by atoms with Crippen LogP contribution in [0.25, 0.3) is 77.6 Å². The van der Waals surface area contributed by atoms with Crippen LogP contribution in [0.3, 0.4) is 0 Å². The fourth-order valence-electron chi connectivity index (χ4n) is 11.7. The smallest absolute Gasteiger partial charge is 0.159 e. The average Bonchev–Trinajstić information content (AvgIpc) is 3.98. The third-order valence-corrected chi connectivity index (χ3v) is 15.0. The van der Waals surface area contributed by atoms with E-state index < -0.39 is 0 Å². The summed E-state index contributed by atoms with van der Waals surface area (Å²) in [5, 5.41) is 2.21. The minimum atomic E-state index is -0.262. The van der Waals surface area contributed by atoms with Gasteiger partial charge in [-0.25, -0.2) is 0 Å². The molecule has 2 aliphatic rings. The van der Waals surface area contributed by atoms with Crippen molar-refractivity contribution in [3.05, 3.63) is 258 Å². The standard InChI is InChI=1S/C65H47NO/c1-64(2)57-27-12-9-22-51(57)55-25-15-24-54(62(55)64)49-20-8-7-19-48(49)43-33-38-47(39-34-43)66(60-29-16-26-56-53-23-11-14-30-61(53)67-63(56)60)46-36-31-42(32-37-46)44-35-40-52-50-21-10-13-28-58(50)65(3,59(52)41-44)45-17-5-4-6-18-45/h4-41H,1-3H3. The Hall–Kier alpha value is -8.20. The highest BCUT2D eigenvalue weighted by molar-refractivity contribution is 6.10. The van der Waals surface area contributed by atoms with Gasteiger partial charge >= 0.3 is 0 Å². The van der Waals surface area contributed by atoms with Gasteiger partial charge in [0.15, 0.2) is 5.58 Å². The minimum Gasteiger partial charge on any atom is -0.454 e. The number of rotatable bonds is 7. The SMILES string of the molecule is CC1(C)c2ccccc2-c2cccc(-c3ccccc3-c3ccc(N(c4ccc(-c5ccc6c(c5)C(C)(c5ccccc5)c5ccccc5-6)cc4)c4cccc5c4oc4ccccc45)cc3)c21. The number of benzene rings is 10. The van der Waals surface area contributed by atoms with Crippen LogP contribution < -0.4 is 4.90 Å². The van der Waals surface area contributed by atoms with Gasteiger partial charge in [0.1, 0.15) is 5.58 Å². The van der Waals surface area contributed by atoms with Gasteiger partial charge in [-0.1, -0.05) is 202 Å². The number of hydrogen-bond acceptors (Lipinski definition) is 2. The zero-order valence-electron chi connectivity index (χ0n) is 37.8. The van der Waals surface area contributed by atoms with E-state index in [1.54, 1.807) is 0 Å². The van der Waals surface area contributed by atoms with E-state index in [0.717, 1.165) is 39.0 Å². The van der Waals surface area contributed by atoms with Crippen molar-refractivity contribution in [3.63, 3.8) is 0 Å². The minimum absolute atomic E-state index is 0.123. The molecule has 2 heteroatoms.